The molecule has 0 aromatic heterocycles. The average molecular weight is 288 g/mol. The number of β-amino-alcohol motifs (C(OH)–C–C–N with tert-alkyl or cyclic N) is 1. The average Bonchev–Trinajstić information content (AvgIpc) is 2.73. The van der Waals surface area contributed by atoms with Crippen LogP contribution in [-0.2, 0) is 11.7 Å². The van der Waals surface area contributed by atoms with Crippen LogP contribution < -0.4 is 5.73 Å². The van der Waals surface area contributed by atoms with Crippen molar-refractivity contribution in [3.05, 3.63) is 35.4 Å². The quantitative estimate of drug-likeness (QED) is 0.893. The van der Waals surface area contributed by atoms with Crippen LogP contribution in [0.3, 0.4) is 0 Å². The Morgan fingerprint density at radius 2 is 1.80 bits per heavy atom. The number of halogens is 3. The van der Waals surface area contributed by atoms with Gasteiger partial charge in [0.25, 0.3) is 0 Å². The van der Waals surface area contributed by atoms with Gasteiger partial charge in [0.2, 0.25) is 0 Å². The number of rotatable bonds is 3. The van der Waals surface area contributed by atoms with Gasteiger partial charge in [0, 0.05) is 19.6 Å². The zero-order valence-electron chi connectivity index (χ0n) is 11.3. The number of aliphatic hydroxyl groups is 1. The fraction of sp³-hybridized carbons (Fsp3) is 0.571. The number of aliphatic hydroxyl groups excluding tert-OH is 1. The number of nitrogens with zero attached hydrogens (tertiary/aromatic N) is 1. The first kappa shape index (κ1) is 15.3. The molecule has 0 radical (unpaired) electrons. The summed E-state index contributed by atoms with van der Waals surface area (Å²) in [6.07, 6.45) is -3.95. The summed E-state index contributed by atoms with van der Waals surface area (Å²) < 4.78 is 37.6. The van der Waals surface area contributed by atoms with Gasteiger partial charge in [-0.15, -0.1) is 0 Å². The van der Waals surface area contributed by atoms with Crippen LogP contribution in [0.5, 0.6) is 0 Å². The van der Waals surface area contributed by atoms with Crippen molar-refractivity contribution < 1.29 is 18.3 Å². The largest absolute Gasteiger partial charge is 0.416 e. The van der Waals surface area contributed by atoms with Gasteiger partial charge in [-0.2, -0.15) is 13.2 Å². The minimum Gasteiger partial charge on any atom is -0.392 e. The molecule has 1 aromatic rings. The molecule has 1 fully saturated rings. The summed E-state index contributed by atoms with van der Waals surface area (Å²) in [5.74, 6) is 0. The van der Waals surface area contributed by atoms with Crippen LogP contribution in [0, 0.1) is 0 Å². The fourth-order valence-corrected chi connectivity index (χ4v) is 2.55. The predicted molar refractivity (Wildman–Crippen MR) is 70.0 cm³/mol. The van der Waals surface area contributed by atoms with Crippen LogP contribution in [-0.4, -0.2) is 35.7 Å². The van der Waals surface area contributed by atoms with Gasteiger partial charge in [0.1, 0.15) is 0 Å². The smallest absolute Gasteiger partial charge is 0.392 e. The van der Waals surface area contributed by atoms with E-state index in [1.165, 1.54) is 12.1 Å². The summed E-state index contributed by atoms with van der Waals surface area (Å²) >= 11 is 0. The first-order chi connectivity index (χ1) is 9.18. The molecule has 112 valence electrons. The summed E-state index contributed by atoms with van der Waals surface area (Å²) in [5.41, 5.74) is 5.46. The van der Waals surface area contributed by atoms with Crippen LogP contribution >= 0.6 is 0 Å². The molecule has 1 aromatic carbocycles. The highest BCUT2D eigenvalue weighted by molar-refractivity contribution is 5.29. The normalized spacial score (nSPS) is 23.8. The maximum Gasteiger partial charge on any atom is 0.416 e. The van der Waals surface area contributed by atoms with Crippen LogP contribution in [0.2, 0.25) is 0 Å². The topological polar surface area (TPSA) is 49.5 Å². The molecule has 1 aliphatic rings. The SMILES string of the molecule is C[C@@](N)(CN1CC[C@H](O)C1)c1ccc(C(F)(F)F)cc1. The van der Waals surface area contributed by atoms with E-state index in [4.69, 9.17) is 5.73 Å². The number of hydrogen-bond donors (Lipinski definition) is 2. The summed E-state index contributed by atoms with van der Waals surface area (Å²) in [5, 5.41) is 9.49. The zero-order valence-corrected chi connectivity index (χ0v) is 11.3. The number of alkyl halides is 3. The van der Waals surface area contributed by atoms with E-state index in [2.05, 4.69) is 0 Å². The molecule has 0 bridgehead atoms. The molecule has 6 heteroatoms. The van der Waals surface area contributed by atoms with Crippen molar-refractivity contribution in [1.29, 1.82) is 0 Å². The number of likely N-dealkylation sites (tertiary alicyclic amines) is 1. The molecule has 3 nitrogen and oxygen atoms in total. The van der Waals surface area contributed by atoms with E-state index in [1.54, 1.807) is 6.92 Å². The van der Waals surface area contributed by atoms with Crippen LogP contribution in [0.4, 0.5) is 13.2 Å². The third-order valence-corrected chi connectivity index (χ3v) is 3.67. The van der Waals surface area contributed by atoms with E-state index < -0.39 is 17.3 Å². The van der Waals surface area contributed by atoms with Crippen molar-refractivity contribution >= 4 is 0 Å². The van der Waals surface area contributed by atoms with Gasteiger partial charge in [0.15, 0.2) is 0 Å². The highest BCUT2D eigenvalue weighted by Crippen LogP contribution is 2.30. The summed E-state index contributed by atoms with van der Waals surface area (Å²) in [6, 6.07) is 4.96. The van der Waals surface area contributed by atoms with E-state index in [9.17, 15) is 18.3 Å². The maximum atomic E-state index is 12.5. The van der Waals surface area contributed by atoms with Crippen molar-refractivity contribution in [2.45, 2.75) is 31.2 Å². The minimum absolute atomic E-state index is 0.335. The van der Waals surface area contributed by atoms with E-state index >= 15 is 0 Å². The molecule has 0 aliphatic carbocycles. The molecule has 2 atom stereocenters. The first-order valence-corrected chi connectivity index (χ1v) is 6.55. The highest BCUT2D eigenvalue weighted by Gasteiger charge is 2.32. The molecule has 0 spiro atoms. The monoisotopic (exact) mass is 288 g/mol. The second kappa shape index (κ2) is 5.35. The van der Waals surface area contributed by atoms with E-state index in [0.29, 0.717) is 25.1 Å². The van der Waals surface area contributed by atoms with Crippen LogP contribution in [0.1, 0.15) is 24.5 Å². The Morgan fingerprint density at radius 1 is 1.25 bits per heavy atom. The lowest BCUT2D eigenvalue weighted by Gasteiger charge is -2.30. The Labute approximate surface area is 116 Å². The molecular weight excluding hydrogens is 269 g/mol. The molecule has 1 saturated heterocycles. The van der Waals surface area contributed by atoms with Crippen LogP contribution in [0.15, 0.2) is 24.3 Å². The molecule has 1 heterocycles. The van der Waals surface area contributed by atoms with E-state index in [1.807, 2.05) is 4.90 Å². The van der Waals surface area contributed by atoms with E-state index in [0.717, 1.165) is 18.7 Å². The molecular formula is C14H19F3N2O. The fourth-order valence-electron chi connectivity index (χ4n) is 2.55. The first-order valence-electron chi connectivity index (χ1n) is 6.55. The Hall–Kier alpha value is -1.11. The number of hydrogen-bond acceptors (Lipinski definition) is 3. The Balaban J connectivity index is 2.09. The van der Waals surface area contributed by atoms with Crippen molar-refractivity contribution in [3.63, 3.8) is 0 Å². The summed E-state index contributed by atoms with van der Waals surface area (Å²) in [7, 11) is 0. The molecule has 1 aliphatic heterocycles. The van der Waals surface area contributed by atoms with Crippen molar-refractivity contribution in [2.75, 3.05) is 19.6 Å². The predicted octanol–water partition coefficient (Wildman–Crippen LogP) is 1.95. The molecule has 20 heavy (non-hydrogen) atoms. The lowest BCUT2D eigenvalue weighted by atomic mass is 9.92. The molecule has 0 saturated carbocycles. The van der Waals surface area contributed by atoms with E-state index in [-0.39, 0.29) is 6.10 Å². The minimum atomic E-state index is -4.33. The lowest BCUT2D eigenvalue weighted by Crippen LogP contribution is -2.44. The molecule has 0 amide bonds. The second-order valence-corrected chi connectivity index (χ2v) is 5.67. The summed E-state index contributed by atoms with van der Waals surface area (Å²) in [6.45, 7) is 3.62. The molecule has 3 N–H and O–H groups in total. The Morgan fingerprint density at radius 3 is 2.25 bits per heavy atom. The standard InChI is InChI=1S/C14H19F3N2O/c1-13(18,9-19-7-6-12(20)8-19)10-2-4-11(5-3-10)14(15,16)17/h2-5,12,20H,6-9,18H2,1H3/t12-,13+/m0/s1. The van der Waals surface area contributed by atoms with Crippen molar-refractivity contribution in [2.24, 2.45) is 5.73 Å². The molecule has 0 unspecified atom stereocenters. The molecule has 2 rings (SSSR count). The maximum absolute atomic E-state index is 12.5. The lowest BCUT2D eigenvalue weighted by molar-refractivity contribution is -0.137. The van der Waals surface area contributed by atoms with Gasteiger partial charge < -0.3 is 10.8 Å². The van der Waals surface area contributed by atoms with Gasteiger partial charge in [-0.1, -0.05) is 12.1 Å². The van der Waals surface area contributed by atoms with Gasteiger partial charge in [-0.05, 0) is 31.0 Å². The van der Waals surface area contributed by atoms with Gasteiger partial charge in [-0.25, -0.2) is 0 Å². The third-order valence-electron chi connectivity index (χ3n) is 3.67. The van der Waals surface area contributed by atoms with Gasteiger partial charge in [-0.3, -0.25) is 4.90 Å². The zero-order chi connectivity index (χ0) is 15.0. The van der Waals surface area contributed by atoms with Gasteiger partial charge in [0.05, 0.1) is 17.2 Å². The van der Waals surface area contributed by atoms with Gasteiger partial charge >= 0.3 is 6.18 Å². The highest BCUT2D eigenvalue weighted by atomic mass is 19.4. The third kappa shape index (κ3) is 3.50. The Kier molecular flexibility index (Phi) is 4.09. The van der Waals surface area contributed by atoms with Crippen LogP contribution in [0.25, 0.3) is 0 Å². The van der Waals surface area contributed by atoms with Crippen molar-refractivity contribution in [3.8, 4) is 0 Å². The Bertz CT molecular complexity index is 456. The number of nitrogens with two attached hydrogens (primary N) is 1. The van der Waals surface area contributed by atoms with Crippen molar-refractivity contribution in [1.82, 2.24) is 4.90 Å². The summed E-state index contributed by atoms with van der Waals surface area (Å²) in [4.78, 5) is 2.03. The second-order valence-electron chi connectivity index (χ2n) is 5.67. The number of benzene rings is 1.